The molecule has 0 radical (unpaired) electrons. The van der Waals surface area contributed by atoms with E-state index in [2.05, 4.69) is 15.2 Å². The van der Waals surface area contributed by atoms with Crippen molar-refractivity contribution < 1.29 is 4.42 Å². The first-order valence-corrected chi connectivity index (χ1v) is 8.13. The maximum atomic E-state index is 12.1. The molecule has 1 aliphatic rings. The minimum absolute atomic E-state index is 0.0755. The molecule has 0 saturated heterocycles. The first-order valence-electron chi connectivity index (χ1n) is 7.15. The number of aryl methyl sites for hydroxylation is 1. The van der Waals surface area contributed by atoms with Crippen molar-refractivity contribution in [3.05, 3.63) is 51.9 Å². The maximum absolute atomic E-state index is 12.1. The lowest BCUT2D eigenvalue weighted by Crippen LogP contribution is -2.15. The van der Waals surface area contributed by atoms with E-state index >= 15 is 0 Å². The van der Waals surface area contributed by atoms with Gasteiger partial charge in [0.05, 0.1) is 5.69 Å². The molecule has 0 amide bonds. The van der Waals surface area contributed by atoms with E-state index < -0.39 is 0 Å². The highest BCUT2D eigenvalue weighted by Crippen LogP contribution is 2.39. The zero-order valence-corrected chi connectivity index (χ0v) is 12.8. The number of rotatable bonds is 4. The molecule has 22 heavy (non-hydrogen) atoms. The SMILES string of the molecule is Cc1cccn2c(=O)cc(CSc3nnc(C4CC4)o3)nc12. The Hall–Kier alpha value is -2.15. The van der Waals surface area contributed by atoms with Crippen molar-refractivity contribution in [2.75, 3.05) is 0 Å². The van der Waals surface area contributed by atoms with Gasteiger partial charge in [0.15, 0.2) is 0 Å². The Morgan fingerprint density at radius 2 is 2.27 bits per heavy atom. The van der Waals surface area contributed by atoms with Crippen molar-refractivity contribution in [1.82, 2.24) is 19.6 Å². The lowest BCUT2D eigenvalue weighted by Gasteiger charge is -2.05. The summed E-state index contributed by atoms with van der Waals surface area (Å²) in [7, 11) is 0. The third-order valence-electron chi connectivity index (χ3n) is 3.63. The van der Waals surface area contributed by atoms with Crippen LogP contribution < -0.4 is 5.56 Å². The number of fused-ring (bicyclic) bond motifs is 1. The lowest BCUT2D eigenvalue weighted by atomic mass is 10.3. The van der Waals surface area contributed by atoms with Gasteiger partial charge in [0.2, 0.25) is 5.89 Å². The van der Waals surface area contributed by atoms with Crippen LogP contribution in [-0.4, -0.2) is 19.6 Å². The van der Waals surface area contributed by atoms with Crippen LogP contribution in [0.25, 0.3) is 5.65 Å². The van der Waals surface area contributed by atoms with E-state index in [4.69, 9.17) is 4.42 Å². The van der Waals surface area contributed by atoms with Gasteiger partial charge in [0.25, 0.3) is 10.8 Å². The van der Waals surface area contributed by atoms with Gasteiger partial charge in [0.1, 0.15) is 5.65 Å². The standard InChI is InChI=1S/C15H14N4O2S/c1-9-3-2-6-19-12(20)7-11(16-13(9)19)8-22-15-18-17-14(21-15)10-4-5-10/h2-3,6-7,10H,4-5,8H2,1H3. The van der Waals surface area contributed by atoms with E-state index in [1.165, 1.54) is 11.8 Å². The van der Waals surface area contributed by atoms with E-state index in [9.17, 15) is 4.79 Å². The summed E-state index contributed by atoms with van der Waals surface area (Å²) in [5, 5.41) is 8.61. The first kappa shape index (κ1) is 13.5. The summed E-state index contributed by atoms with van der Waals surface area (Å²) in [4.78, 5) is 16.7. The van der Waals surface area contributed by atoms with Crippen LogP contribution in [0.4, 0.5) is 0 Å². The van der Waals surface area contributed by atoms with Gasteiger partial charge < -0.3 is 4.42 Å². The van der Waals surface area contributed by atoms with Gasteiger partial charge in [-0.05, 0) is 31.4 Å². The molecule has 3 heterocycles. The smallest absolute Gasteiger partial charge is 0.276 e. The van der Waals surface area contributed by atoms with Crippen LogP contribution >= 0.6 is 11.8 Å². The van der Waals surface area contributed by atoms with Crippen molar-refractivity contribution >= 4 is 17.4 Å². The summed E-state index contributed by atoms with van der Waals surface area (Å²) in [5.74, 6) is 1.71. The highest BCUT2D eigenvalue weighted by molar-refractivity contribution is 7.98. The number of aromatic nitrogens is 4. The van der Waals surface area contributed by atoms with Gasteiger partial charge in [-0.3, -0.25) is 9.20 Å². The average molecular weight is 314 g/mol. The van der Waals surface area contributed by atoms with Crippen molar-refractivity contribution in [3.8, 4) is 0 Å². The first-order chi connectivity index (χ1) is 10.7. The molecule has 4 rings (SSSR count). The second-order valence-corrected chi connectivity index (χ2v) is 6.37. The predicted octanol–water partition coefficient (Wildman–Crippen LogP) is 2.56. The summed E-state index contributed by atoms with van der Waals surface area (Å²) < 4.78 is 7.16. The van der Waals surface area contributed by atoms with E-state index in [1.807, 2.05) is 19.1 Å². The summed E-state index contributed by atoms with van der Waals surface area (Å²) in [6, 6.07) is 5.34. The van der Waals surface area contributed by atoms with Gasteiger partial charge in [-0.25, -0.2) is 4.98 Å². The van der Waals surface area contributed by atoms with Crippen LogP contribution in [0.2, 0.25) is 0 Å². The van der Waals surface area contributed by atoms with Crippen LogP contribution in [0, 0.1) is 6.92 Å². The van der Waals surface area contributed by atoms with E-state index in [0.29, 0.717) is 22.5 Å². The van der Waals surface area contributed by atoms with Crippen LogP contribution in [0.15, 0.2) is 38.8 Å². The molecule has 1 aliphatic carbocycles. The summed E-state index contributed by atoms with van der Waals surface area (Å²) in [6.07, 6.45) is 4.00. The van der Waals surface area contributed by atoms with E-state index in [1.54, 1.807) is 16.7 Å². The minimum atomic E-state index is -0.0755. The minimum Gasteiger partial charge on any atom is -0.416 e. The summed E-state index contributed by atoms with van der Waals surface area (Å²) in [6.45, 7) is 1.94. The monoisotopic (exact) mass is 314 g/mol. The molecule has 6 nitrogen and oxygen atoms in total. The average Bonchev–Trinajstić information content (AvgIpc) is 3.25. The number of nitrogens with zero attached hydrogens (tertiary/aromatic N) is 4. The van der Waals surface area contributed by atoms with Gasteiger partial charge in [-0.1, -0.05) is 17.8 Å². The fraction of sp³-hybridized carbons (Fsp3) is 0.333. The summed E-state index contributed by atoms with van der Waals surface area (Å²) in [5.41, 5.74) is 2.30. The molecule has 0 unspecified atom stereocenters. The van der Waals surface area contributed by atoms with Crippen LogP contribution in [0.3, 0.4) is 0 Å². The van der Waals surface area contributed by atoms with Crippen molar-refractivity contribution in [1.29, 1.82) is 0 Å². The van der Waals surface area contributed by atoms with Crippen molar-refractivity contribution in [3.63, 3.8) is 0 Å². The van der Waals surface area contributed by atoms with Crippen LogP contribution in [-0.2, 0) is 5.75 Å². The lowest BCUT2D eigenvalue weighted by molar-refractivity contribution is 0.414. The molecular weight excluding hydrogens is 300 g/mol. The largest absolute Gasteiger partial charge is 0.416 e. The van der Waals surface area contributed by atoms with Gasteiger partial charge in [-0.15, -0.1) is 10.2 Å². The zero-order valence-electron chi connectivity index (χ0n) is 12.0. The Morgan fingerprint density at radius 1 is 1.41 bits per heavy atom. The third kappa shape index (κ3) is 2.52. The number of pyridine rings is 1. The Morgan fingerprint density at radius 3 is 3.09 bits per heavy atom. The molecule has 0 aromatic carbocycles. The number of thioether (sulfide) groups is 1. The fourth-order valence-electron chi connectivity index (χ4n) is 2.29. The zero-order chi connectivity index (χ0) is 15.1. The van der Waals surface area contributed by atoms with E-state index in [0.717, 1.165) is 30.0 Å². The Kier molecular flexibility index (Phi) is 3.22. The van der Waals surface area contributed by atoms with Crippen molar-refractivity contribution in [2.45, 2.75) is 36.7 Å². The van der Waals surface area contributed by atoms with E-state index in [-0.39, 0.29) is 5.56 Å². The molecule has 0 aliphatic heterocycles. The molecule has 112 valence electrons. The van der Waals surface area contributed by atoms with Crippen LogP contribution in [0.5, 0.6) is 0 Å². The van der Waals surface area contributed by atoms with Crippen LogP contribution in [0.1, 0.15) is 35.9 Å². The molecule has 0 spiro atoms. The normalized spacial score (nSPS) is 14.6. The van der Waals surface area contributed by atoms with Gasteiger partial charge in [-0.2, -0.15) is 0 Å². The Balaban J connectivity index is 1.58. The molecule has 3 aromatic heterocycles. The molecule has 1 fully saturated rings. The van der Waals surface area contributed by atoms with Gasteiger partial charge in [0, 0.05) is 23.9 Å². The summed E-state index contributed by atoms with van der Waals surface area (Å²) >= 11 is 1.41. The molecule has 0 atom stereocenters. The predicted molar refractivity (Wildman–Crippen MR) is 82.0 cm³/mol. The number of hydrogen-bond acceptors (Lipinski definition) is 6. The third-order valence-corrected chi connectivity index (χ3v) is 4.48. The highest BCUT2D eigenvalue weighted by Gasteiger charge is 2.29. The molecule has 0 bridgehead atoms. The fourth-order valence-corrected chi connectivity index (χ4v) is 2.95. The molecule has 0 N–H and O–H groups in total. The second kappa shape index (κ2) is 5.24. The van der Waals surface area contributed by atoms with Crippen molar-refractivity contribution in [2.24, 2.45) is 0 Å². The highest BCUT2D eigenvalue weighted by atomic mass is 32.2. The second-order valence-electron chi connectivity index (χ2n) is 5.44. The Bertz CT molecular complexity index is 898. The van der Waals surface area contributed by atoms with Gasteiger partial charge >= 0.3 is 0 Å². The molecule has 3 aromatic rings. The molecule has 7 heteroatoms. The quantitative estimate of drug-likeness (QED) is 0.689. The maximum Gasteiger partial charge on any atom is 0.276 e. The molecular formula is C15H14N4O2S. The molecule has 1 saturated carbocycles. The Labute approximate surface area is 130 Å². The topological polar surface area (TPSA) is 73.3 Å². The number of hydrogen-bond donors (Lipinski definition) is 0.